The minimum absolute atomic E-state index is 0.0722. The fraction of sp³-hybridized carbons (Fsp3) is 0.600. The van der Waals surface area contributed by atoms with E-state index in [1.54, 1.807) is 11.0 Å². The molecule has 4 rings (SSSR count). The third-order valence-corrected chi connectivity index (χ3v) is 6.74. The molecule has 2 bridgehead atoms. The molecule has 1 aromatic carbocycles. The van der Waals surface area contributed by atoms with Crippen LogP contribution in [0.2, 0.25) is 0 Å². The molecule has 1 amide bonds. The normalized spacial score (nSPS) is 32.3. The molecule has 0 radical (unpaired) electrons. The smallest absolute Gasteiger partial charge is 0.408 e. The van der Waals surface area contributed by atoms with Gasteiger partial charge in [-0.1, -0.05) is 0 Å². The summed E-state index contributed by atoms with van der Waals surface area (Å²) in [5, 5.41) is 29.0. The lowest BCUT2D eigenvalue weighted by Crippen LogP contribution is -2.62. The molecule has 2 N–H and O–H groups in total. The van der Waals surface area contributed by atoms with Gasteiger partial charge in [-0.05, 0) is 50.7 Å². The molecule has 8 heteroatoms. The van der Waals surface area contributed by atoms with Crippen molar-refractivity contribution in [3.05, 3.63) is 29.3 Å². The summed E-state index contributed by atoms with van der Waals surface area (Å²) >= 11 is 0. The Bertz CT molecular complexity index is 819. The predicted octanol–water partition coefficient (Wildman–Crippen LogP) is 3.09. The maximum Gasteiger partial charge on any atom is 0.408 e. The number of benzene rings is 1. The maximum absolute atomic E-state index is 14.5. The van der Waals surface area contributed by atoms with Crippen molar-refractivity contribution in [3.8, 4) is 6.07 Å². The first kappa shape index (κ1) is 18.9. The van der Waals surface area contributed by atoms with Gasteiger partial charge in [0.1, 0.15) is 5.69 Å². The minimum Gasteiger partial charge on any atom is -0.465 e. The molecule has 4 atom stereocenters. The lowest BCUT2D eigenvalue weighted by molar-refractivity contribution is -0.0391. The number of piperidine rings is 2. The number of rotatable bonds is 2. The molecule has 0 spiro atoms. The molecule has 3 saturated heterocycles. The molecule has 28 heavy (non-hydrogen) atoms. The van der Waals surface area contributed by atoms with Gasteiger partial charge in [-0.15, -0.1) is 0 Å². The molecule has 0 aliphatic carbocycles. The average Bonchev–Trinajstić information content (AvgIpc) is 2.91. The van der Waals surface area contributed by atoms with Crippen molar-refractivity contribution in [2.24, 2.45) is 5.92 Å². The highest BCUT2D eigenvalue weighted by atomic mass is 19.1. The zero-order valence-corrected chi connectivity index (χ0v) is 15.4. The van der Waals surface area contributed by atoms with Gasteiger partial charge in [0.2, 0.25) is 0 Å². The molecule has 3 aliphatic rings. The number of nitrogens with zero attached hydrogens (tertiary/aromatic N) is 3. The van der Waals surface area contributed by atoms with Gasteiger partial charge in [0.05, 0.1) is 23.3 Å². The summed E-state index contributed by atoms with van der Waals surface area (Å²) in [7, 11) is 0. The number of halogens is 2. The van der Waals surface area contributed by atoms with Crippen LogP contribution in [0, 0.1) is 28.9 Å². The first-order chi connectivity index (χ1) is 13.4. The summed E-state index contributed by atoms with van der Waals surface area (Å²) < 4.78 is 29.1. The lowest BCUT2D eigenvalue weighted by atomic mass is 9.72. The van der Waals surface area contributed by atoms with Gasteiger partial charge in [-0.3, -0.25) is 4.90 Å². The summed E-state index contributed by atoms with van der Waals surface area (Å²) in [6, 6.07) is 3.61. The van der Waals surface area contributed by atoms with Crippen molar-refractivity contribution in [1.82, 2.24) is 4.90 Å². The number of nitriles is 1. The first-order valence-electron chi connectivity index (χ1n) is 9.70. The van der Waals surface area contributed by atoms with Crippen molar-refractivity contribution in [2.75, 3.05) is 18.0 Å². The monoisotopic (exact) mass is 391 g/mol. The second kappa shape index (κ2) is 6.89. The number of fused-ring (bicyclic) bond motifs is 2. The zero-order valence-electron chi connectivity index (χ0n) is 15.4. The Balaban J connectivity index is 1.66. The maximum atomic E-state index is 14.5. The fourth-order valence-corrected chi connectivity index (χ4v) is 5.72. The zero-order chi connectivity index (χ0) is 20.1. The van der Waals surface area contributed by atoms with Gasteiger partial charge in [0.15, 0.2) is 11.6 Å². The molecule has 1 aromatic rings. The highest BCUT2D eigenvalue weighted by Gasteiger charge is 2.57. The van der Waals surface area contributed by atoms with E-state index in [1.165, 1.54) is 4.90 Å². The van der Waals surface area contributed by atoms with Crippen LogP contribution in [0.4, 0.5) is 19.3 Å². The summed E-state index contributed by atoms with van der Waals surface area (Å²) in [5.41, 5.74) is -0.920. The van der Waals surface area contributed by atoms with Crippen LogP contribution in [0.5, 0.6) is 0 Å². The summed E-state index contributed by atoms with van der Waals surface area (Å²) in [6.07, 6.45) is 2.08. The molecule has 0 aromatic heterocycles. The lowest BCUT2D eigenvalue weighted by Gasteiger charge is -2.52. The molecule has 4 unspecified atom stereocenters. The van der Waals surface area contributed by atoms with Crippen LogP contribution in [-0.2, 0) is 0 Å². The van der Waals surface area contributed by atoms with Gasteiger partial charge in [0.25, 0.3) is 0 Å². The molecular formula is C20H23F2N3O3. The molecule has 3 fully saturated rings. The Morgan fingerprint density at radius 2 is 2.00 bits per heavy atom. The van der Waals surface area contributed by atoms with E-state index in [0.717, 1.165) is 18.6 Å². The number of anilines is 1. The Morgan fingerprint density at radius 1 is 1.29 bits per heavy atom. The van der Waals surface area contributed by atoms with Crippen LogP contribution >= 0.6 is 0 Å². The molecule has 3 heterocycles. The third-order valence-electron chi connectivity index (χ3n) is 6.74. The number of amides is 1. The quantitative estimate of drug-likeness (QED) is 0.809. The first-order valence-corrected chi connectivity index (χ1v) is 9.70. The number of hydrogen-bond donors (Lipinski definition) is 2. The molecule has 6 nitrogen and oxygen atoms in total. The van der Waals surface area contributed by atoms with Crippen molar-refractivity contribution in [1.29, 1.82) is 5.26 Å². The molecule has 0 saturated carbocycles. The van der Waals surface area contributed by atoms with Gasteiger partial charge in [-0.25, -0.2) is 13.6 Å². The molecule has 150 valence electrons. The van der Waals surface area contributed by atoms with Crippen LogP contribution in [0.15, 0.2) is 12.1 Å². The largest absolute Gasteiger partial charge is 0.465 e. The Hall–Kier alpha value is -2.40. The topological polar surface area (TPSA) is 87.8 Å². The number of carbonyl (C=O) groups is 1. The Morgan fingerprint density at radius 3 is 2.64 bits per heavy atom. The van der Waals surface area contributed by atoms with Crippen LogP contribution < -0.4 is 4.90 Å². The van der Waals surface area contributed by atoms with Crippen LogP contribution in [0.25, 0.3) is 0 Å². The summed E-state index contributed by atoms with van der Waals surface area (Å²) in [6.45, 7) is 0.786. The van der Waals surface area contributed by atoms with Crippen molar-refractivity contribution in [3.63, 3.8) is 0 Å². The Labute approximate surface area is 162 Å². The molecule has 3 aliphatic heterocycles. The van der Waals surface area contributed by atoms with E-state index < -0.39 is 29.4 Å². The van der Waals surface area contributed by atoms with E-state index in [-0.39, 0.29) is 23.2 Å². The van der Waals surface area contributed by atoms with Crippen LogP contribution in [-0.4, -0.2) is 52.0 Å². The van der Waals surface area contributed by atoms with Crippen LogP contribution in [0.3, 0.4) is 0 Å². The third kappa shape index (κ3) is 2.89. The number of hydrogen-bond acceptors (Lipinski definition) is 4. The predicted molar refractivity (Wildman–Crippen MR) is 96.9 cm³/mol. The van der Waals surface area contributed by atoms with E-state index in [1.807, 2.05) is 0 Å². The average molecular weight is 391 g/mol. The minimum atomic E-state index is -0.984. The number of aliphatic hydroxyl groups excluding tert-OH is 1. The fourth-order valence-electron chi connectivity index (χ4n) is 5.72. The van der Waals surface area contributed by atoms with Gasteiger partial charge in [0, 0.05) is 25.0 Å². The van der Waals surface area contributed by atoms with E-state index in [9.17, 15) is 23.8 Å². The van der Waals surface area contributed by atoms with Gasteiger partial charge in [-0.2, -0.15) is 5.26 Å². The highest BCUT2D eigenvalue weighted by Crippen LogP contribution is 2.51. The van der Waals surface area contributed by atoms with Crippen molar-refractivity contribution in [2.45, 2.75) is 56.2 Å². The van der Waals surface area contributed by atoms with E-state index >= 15 is 0 Å². The second-order valence-electron chi connectivity index (χ2n) is 8.23. The number of carboxylic acid groups (broad SMARTS) is 1. The summed E-state index contributed by atoms with van der Waals surface area (Å²) in [5.74, 6) is -1.68. The van der Waals surface area contributed by atoms with Crippen LogP contribution in [0.1, 0.15) is 44.1 Å². The second-order valence-corrected chi connectivity index (χ2v) is 8.23. The van der Waals surface area contributed by atoms with Gasteiger partial charge >= 0.3 is 6.09 Å². The molecular weight excluding hydrogens is 368 g/mol. The van der Waals surface area contributed by atoms with Crippen molar-refractivity contribution < 1.29 is 23.8 Å². The standard InChI is InChI=1S/C20H23F2N3O3/c21-16-6-12(10-23)7-17(22)18(16)24-5-1-2-13(11-24)20-4-3-14(8-15(26)9-20)25(20)19(27)28/h6-7,13-15,26H,1-5,8-9,11H2,(H,27,28). The van der Waals surface area contributed by atoms with Gasteiger partial charge < -0.3 is 15.1 Å². The van der Waals surface area contributed by atoms with E-state index in [4.69, 9.17) is 5.26 Å². The summed E-state index contributed by atoms with van der Waals surface area (Å²) in [4.78, 5) is 15.1. The SMILES string of the molecule is N#Cc1cc(F)c(N2CCCC(C34CCC(CC(O)C3)N4C(=O)O)C2)c(F)c1. The van der Waals surface area contributed by atoms with E-state index in [2.05, 4.69) is 0 Å². The van der Waals surface area contributed by atoms with Crippen molar-refractivity contribution >= 4 is 11.8 Å². The highest BCUT2D eigenvalue weighted by molar-refractivity contribution is 5.68. The Kier molecular flexibility index (Phi) is 4.66. The van der Waals surface area contributed by atoms with E-state index in [0.29, 0.717) is 45.2 Å². The number of aliphatic hydroxyl groups is 1.